The first kappa shape index (κ1) is 7.81. The summed E-state index contributed by atoms with van der Waals surface area (Å²) in [6.45, 7) is 1.84. The second-order valence-corrected chi connectivity index (χ2v) is 3.22. The van der Waals surface area contributed by atoms with Crippen LogP contribution in [0, 0.1) is 6.07 Å². The molecule has 0 amide bonds. The SMILES string of the molecule is [c]1ccc(C2CCOCC2)cc1. The standard InChI is InChI=1S/C11H13O/c1-2-4-10(5-3-1)11-6-8-12-9-7-11/h2-5,11H,6-9H2. The fourth-order valence-corrected chi connectivity index (χ4v) is 1.70. The van der Waals surface area contributed by atoms with Crippen LogP contribution >= 0.6 is 0 Å². The Hall–Kier alpha value is -0.820. The number of benzene rings is 1. The van der Waals surface area contributed by atoms with Crippen molar-refractivity contribution in [3.05, 3.63) is 35.9 Å². The minimum Gasteiger partial charge on any atom is -0.381 e. The van der Waals surface area contributed by atoms with E-state index in [1.165, 1.54) is 18.4 Å². The molecule has 1 aromatic carbocycles. The highest BCUT2D eigenvalue weighted by molar-refractivity contribution is 5.18. The van der Waals surface area contributed by atoms with Gasteiger partial charge in [-0.2, -0.15) is 0 Å². The Kier molecular flexibility index (Phi) is 2.42. The van der Waals surface area contributed by atoms with E-state index in [0.29, 0.717) is 5.92 Å². The minimum atomic E-state index is 0.716. The molecule has 0 aromatic heterocycles. The van der Waals surface area contributed by atoms with Gasteiger partial charge in [-0.15, -0.1) is 0 Å². The van der Waals surface area contributed by atoms with Crippen molar-refractivity contribution in [3.63, 3.8) is 0 Å². The molecule has 0 saturated carbocycles. The van der Waals surface area contributed by atoms with Crippen molar-refractivity contribution in [2.24, 2.45) is 0 Å². The highest BCUT2D eigenvalue weighted by Gasteiger charge is 2.14. The van der Waals surface area contributed by atoms with Crippen molar-refractivity contribution in [2.45, 2.75) is 18.8 Å². The van der Waals surface area contributed by atoms with Crippen LogP contribution in [0.4, 0.5) is 0 Å². The molecule has 1 aromatic rings. The first-order valence-electron chi connectivity index (χ1n) is 4.50. The Morgan fingerprint density at radius 2 is 1.83 bits per heavy atom. The van der Waals surface area contributed by atoms with E-state index in [4.69, 9.17) is 4.74 Å². The Morgan fingerprint density at radius 3 is 2.50 bits per heavy atom. The molecule has 1 heteroatoms. The van der Waals surface area contributed by atoms with Crippen LogP contribution in [0.2, 0.25) is 0 Å². The molecule has 0 spiro atoms. The lowest BCUT2D eigenvalue weighted by Gasteiger charge is -2.22. The van der Waals surface area contributed by atoms with Gasteiger partial charge in [-0.3, -0.25) is 0 Å². The van der Waals surface area contributed by atoms with E-state index in [2.05, 4.69) is 18.2 Å². The molecule has 0 unspecified atom stereocenters. The zero-order chi connectivity index (χ0) is 8.23. The van der Waals surface area contributed by atoms with Crippen LogP contribution in [0.25, 0.3) is 0 Å². The Morgan fingerprint density at radius 1 is 1.17 bits per heavy atom. The third-order valence-corrected chi connectivity index (χ3v) is 2.44. The summed E-state index contributed by atoms with van der Waals surface area (Å²) >= 11 is 0. The summed E-state index contributed by atoms with van der Waals surface area (Å²) in [5, 5.41) is 0. The number of rotatable bonds is 1. The summed E-state index contributed by atoms with van der Waals surface area (Å²) < 4.78 is 5.31. The van der Waals surface area contributed by atoms with Gasteiger partial charge in [-0.05, 0) is 30.4 Å². The van der Waals surface area contributed by atoms with Crippen molar-refractivity contribution in [1.29, 1.82) is 0 Å². The highest BCUT2D eigenvalue weighted by Crippen LogP contribution is 2.25. The molecule has 1 nitrogen and oxygen atoms in total. The zero-order valence-electron chi connectivity index (χ0n) is 7.12. The predicted octanol–water partition coefficient (Wildman–Crippen LogP) is 2.38. The maximum absolute atomic E-state index is 5.31. The van der Waals surface area contributed by atoms with Crippen LogP contribution in [-0.2, 0) is 4.74 Å². The second kappa shape index (κ2) is 3.72. The molecule has 1 aliphatic heterocycles. The highest BCUT2D eigenvalue weighted by atomic mass is 16.5. The van der Waals surface area contributed by atoms with E-state index in [9.17, 15) is 0 Å². The molecular weight excluding hydrogens is 148 g/mol. The predicted molar refractivity (Wildman–Crippen MR) is 48.1 cm³/mol. The minimum absolute atomic E-state index is 0.716. The van der Waals surface area contributed by atoms with Crippen LogP contribution in [0.15, 0.2) is 24.3 Å². The summed E-state index contributed by atoms with van der Waals surface area (Å²) in [4.78, 5) is 0. The van der Waals surface area contributed by atoms with Crippen molar-refractivity contribution in [1.82, 2.24) is 0 Å². The van der Waals surface area contributed by atoms with E-state index in [0.717, 1.165) is 13.2 Å². The fraction of sp³-hybridized carbons (Fsp3) is 0.455. The van der Waals surface area contributed by atoms with Gasteiger partial charge in [0.1, 0.15) is 0 Å². The Bertz CT molecular complexity index is 224. The topological polar surface area (TPSA) is 9.23 Å². The van der Waals surface area contributed by atoms with Gasteiger partial charge in [-0.25, -0.2) is 0 Å². The molecule has 1 saturated heterocycles. The summed E-state index contributed by atoms with van der Waals surface area (Å²) in [5.74, 6) is 0.716. The lowest BCUT2D eigenvalue weighted by molar-refractivity contribution is 0.0853. The van der Waals surface area contributed by atoms with E-state index in [1.807, 2.05) is 12.1 Å². The van der Waals surface area contributed by atoms with Gasteiger partial charge in [0.25, 0.3) is 0 Å². The van der Waals surface area contributed by atoms with Crippen LogP contribution in [0.1, 0.15) is 24.3 Å². The lowest BCUT2D eigenvalue weighted by Crippen LogP contribution is -2.13. The van der Waals surface area contributed by atoms with Gasteiger partial charge in [0.15, 0.2) is 0 Å². The van der Waals surface area contributed by atoms with E-state index < -0.39 is 0 Å². The van der Waals surface area contributed by atoms with Crippen molar-refractivity contribution in [2.75, 3.05) is 13.2 Å². The van der Waals surface area contributed by atoms with Crippen LogP contribution < -0.4 is 0 Å². The molecule has 1 fully saturated rings. The zero-order valence-corrected chi connectivity index (χ0v) is 7.12. The van der Waals surface area contributed by atoms with E-state index in [-0.39, 0.29) is 0 Å². The van der Waals surface area contributed by atoms with Crippen molar-refractivity contribution >= 4 is 0 Å². The first-order valence-corrected chi connectivity index (χ1v) is 4.50. The van der Waals surface area contributed by atoms with Gasteiger partial charge in [0.2, 0.25) is 0 Å². The summed E-state index contributed by atoms with van der Waals surface area (Å²) in [7, 11) is 0. The number of hydrogen-bond acceptors (Lipinski definition) is 1. The average Bonchev–Trinajstić information content (AvgIpc) is 2.21. The quantitative estimate of drug-likeness (QED) is 0.614. The molecule has 2 rings (SSSR count). The monoisotopic (exact) mass is 161 g/mol. The van der Waals surface area contributed by atoms with Crippen molar-refractivity contribution < 1.29 is 4.74 Å². The second-order valence-electron chi connectivity index (χ2n) is 3.22. The van der Waals surface area contributed by atoms with Gasteiger partial charge in [-0.1, -0.05) is 24.3 Å². The molecule has 12 heavy (non-hydrogen) atoms. The third-order valence-electron chi connectivity index (χ3n) is 2.44. The van der Waals surface area contributed by atoms with E-state index >= 15 is 0 Å². The molecule has 0 atom stereocenters. The normalized spacial score (nSPS) is 19.3. The smallest absolute Gasteiger partial charge is 0.0471 e. The lowest BCUT2D eigenvalue weighted by atomic mass is 9.92. The summed E-state index contributed by atoms with van der Waals surface area (Å²) in [6, 6.07) is 11.3. The van der Waals surface area contributed by atoms with Crippen LogP contribution in [0.5, 0.6) is 0 Å². The molecule has 0 N–H and O–H groups in total. The third kappa shape index (κ3) is 1.67. The molecule has 0 aliphatic carbocycles. The maximum Gasteiger partial charge on any atom is 0.0471 e. The van der Waals surface area contributed by atoms with Gasteiger partial charge in [0.05, 0.1) is 0 Å². The summed E-state index contributed by atoms with van der Waals surface area (Å²) in [5.41, 5.74) is 1.44. The number of hydrogen-bond donors (Lipinski definition) is 0. The molecule has 1 radical (unpaired) electrons. The molecule has 1 heterocycles. The molecular formula is C11H13O. The van der Waals surface area contributed by atoms with E-state index in [1.54, 1.807) is 0 Å². The Labute approximate surface area is 73.4 Å². The summed E-state index contributed by atoms with van der Waals surface area (Å²) in [6.07, 6.45) is 2.34. The van der Waals surface area contributed by atoms with Gasteiger partial charge >= 0.3 is 0 Å². The number of ether oxygens (including phenoxy) is 1. The molecule has 1 aliphatic rings. The molecule has 63 valence electrons. The van der Waals surface area contributed by atoms with Crippen molar-refractivity contribution in [3.8, 4) is 0 Å². The Balaban J connectivity index is 2.08. The van der Waals surface area contributed by atoms with Gasteiger partial charge < -0.3 is 4.74 Å². The maximum atomic E-state index is 5.31. The van der Waals surface area contributed by atoms with Crippen LogP contribution in [0.3, 0.4) is 0 Å². The van der Waals surface area contributed by atoms with Gasteiger partial charge in [0, 0.05) is 13.2 Å². The molecule has 0 bridgehead atoms. The fourth-order valence-electron chi connectivity index (χ4n) is 1.70. The van der Waals surface area contributed by atoms with Crippen LogP contribution in [-0.4, -0.2) is 13.2 Å². The first-order chi connectivity index (χ1) is 5.97. The average molecular weight is 161 g/mol. The largest absolute Gasteiger partial charge is 0.381 e.